The lowest BCUT2D eigenvalue weighted by Gasteiger charge is -2.28. The van der Waals surface area contributed by atoms with Crippen molar-refractivity contribution in [3.63, 3.8) is 0 Å². The molecule has 2 aliphatic heterocycles. The molecule has 5 aromatic rings. The fourth-order valence-electron chi connectivity index (χ4n) is 7.69. The van der Waals surface area contributed by atoms with Gasteiger partial charge in [-0.15, -0.1) is 0 Å². The lowest BCUT2D eigenvalue weighted by Crippen LogP contribution is -2.17. The van der Waals surface area contributed by atoms with Gasteiger partial charge in [0.25, 0.3) is 0 Å². The number of nitrogens with zero attached hydrogens (tertiary/aromatic N) is 1. The van der Waals surface area contributed by atoms with Crippen LogP contribution in [0.15, 0.2) is 180 Å². The number of allylic oxidation sites excluding steroid dienone is 8. The average Bonchev–Trinajstić information content (AvgIpc) is 3.89. The van der Waals surface area contributed by atoms with Gasteiger partial charge in [0.1, 0.15) is 0 Å². The molecule has 3 heteroatoms. The molecule has 2 aliphatic carbocycles. The molecule has 2 heterocycles. The summed E-state index contributed by atoms with van der Waals surface area (Å²) in [4.78, 5) is 2.53. The number of rotatable bonds is 7. The van der Waals surface area contributed by atoms with Crippen molar-refractivity contribution < 1.29 is 0 Å². The third-order valence-electron chi connectivity index (χ3n) is 10.1. The molecule has 1 fully saturated rings. The second-order valence-corrected chi connectivity index (χ2v) is 13.0. The van der Waals surface area contributed by atoms with Crippen LogP contribution in [0.3, 0.4) is 0 Å². The molecule has 5 aromatic carbocycles. The Bertz CT molecular complexity index is 2070. The first-order chi connectivity index (χ1) is 23.3. The number of hydrogen-bond donors (Lipinski definition) is 2. The van der Waals surface area contributed by atoms with Crippen LogP contribution in [0.2, 0.25) is 0 Å². The predicted octanol–water partition coefficient (Wildman–Crippen LogP) is 10.9. The van der Waals surface area contributed by atoms with Crippen LogP contribution >= 0.6 is 0 Å². The second kappa shape index (κ2) is 11.8. The average molecular weight is 608 g/mol. The van der Waals surface area contributed by atoms with Crippen molar-refractivity contribution in [2.24, 2.45) is 0 Å². The zero-order valence-corrected chi connectivity index (χ0v) is 26.3. The van der Waals surface area contributed by atoms with Crippen LogP contribution in [-0.4, -0.2) is 0 Å². The zero-order valence-electron chi connectivity index (χ0n) is 26.3. The van der Waals surface area contributed by atoms with Crippen LogP contribution in [-0.2, 0) is 0 Å². The van der Waals surface area contributed by atoms with Crippen molar-refractivity contribution >= 4 is 17.1 Å². The van der Waals surface area contributed by atoms with Crippen LogP contribution in [0.4, 0.5) is 17.1 Å². The molecular formula is C44H37N3. The first kappa shape index (κ1) is 27.9. The SMILES string of the molecule is C1=CC(C2=CC=C3C(C2)c2ccc(-c4ccccc4)cc2N3c2cccc([C@H]3NC3c3ccccc3)c2)=C(Nc2ccccc2)CC1. The molecule has 2 N–H and O–H groups in total. The number of fused-ring (bicyclic) bond motifs is 3. The summed E-state index contributed by atoms with van der Waals surface area (Å²) in [5.41, 5.74) is 15.6. The normalized spacial score (nSPS) is 21.1. The van der Waals surface area contributed by atoms with E-state index in [-0.39, 0.29) is 5.92 Å². The minimum absolute atomic E-state index is 0.287. The van der Waals surface area contributed by atoms with Crippen molar-refractivity contribution in [3.05, 3.63) is 197 Å². The minimum Gasteiger partial charge on any atom is -0.358 e. The Kier molecular flexibility index (Phi) is 6.98. The topological polar surface area (TPSA) is 37.2 Å². The summed E-state index contributed by atoms with van der Waals surface area (Å²) in [7, 11) is 0. The van der Waals surface area contributed by atoms with Gasteiger partial charge in [0.05, 0.1) is 17.8 Å². The van der Waals surface area contributed by atoms with Crippen LogP contribution in [0.5, 0.6) is 0 Å². The third-order valence-corrected chi connectivity index (χ3v) is 10.1. The highest BCUT2D eigenvalue weighted by Gasteiger charge is 2.40. The molecule has 228 valence electrons. The van der Waals surface area contributed by atoms with E-state index >= 15 is 0 Å². The Labute approximate surface area is 277 Å². The highest BCUT2D eigenvalue weighted by molar-refractivity contribution is 5.83. The Morgan fingerprint density at radius 2 is 1.40 bits per heavy atom. The number of para-hydroxylation sites is 1. The van der Waals surface area contributed by atoms with E-state index in [4.69, 9.17) is 0 Å². The second-order valence-electron chi connectivity index (χ2n) is 13.0. The molecule has 0 aromatic heterocycles. The van der Waals surface area contributed by atoms with E-state index in [0.29, 0.717) is 12.1 Å². The highest BCUT2D eigenvalue weighted by Crippen LogP contribution is 2.54. The van der Waals surface area contributed by atoms with Crippen LogP contribution in [0, 0.1) is 0 Å². The summed E-state index contributed by atoms with van der Waals surface area (Å²) in [6.07, 6.45) is 12.5. The summed E-state index contributed by atoms with van der Waals surface area (Å²) in [5.74, 6) is 0.287. The Morgan fingerprint density at radius 1 is 0.660 bits per heavy atom. The number of benzene rings is 5. The maximum atomic E-state index is 3.76. The van der Waals surface area contributed by atoms with Gasteiger partial charge in [-0.05, 0) is 94.6 Å². The third kappa shape index (κ3) is 5.23. The molecule has 4 aliphatic rings. The molecule has 1 saturated heterocycles. The fraction of sp³-hybridized carbons (Fsp3) is 0.136. The molecule has 0 bridgehead atoms. The maximum absolute atomic E-state index is 3.76. The van der Waals surface area contributed by atoms with Gasteiger partial charge in [0, 0.05) is 28.7 Å². The van der Waals surface area contributed by atoms with Gasteiger partial charge < -0.3 is 10.2 Å². The van der Waals surface area contributed by atoms with Crippen molar-refractivity contribution in [2.75, 3.05) is 10.2 Å². The zero-order chi connectivity index (χ0) is 31.2. The van der Waals surface area contributed by atoms with Crippen molar-refractivity contribution in [2.45, 2.75) is 37.3 Å². The first-order valence-electron chi connectivity index (χ1n) is 16.8. The van der Waals surface area contributed by atoms with Gasteiger partial charge in [0.15, 0.2) is 0 Å². The molecule has 47 heavy (non-hydrogen) atoms. The monoisotopic (exact) mass is 607 g/mol. The van der Waals surface area contributed by atoms with E-state index < -0.39 is 0 Å². The van der Waals surface area contributed by atoms with E-state index in [2.05, 4.69) is 173 Å². The highest BCUT2D eigenvalue weighted by atomic mass is 15.2. The Morgan fingerprint density at radius 3 is 2.23 bits per heavy atom. The summed E-state index contributed by atoms with van der Waals surface area (Å²) in [5, 5.41) is 7.48. The Hall–Kier alpha value is -5.38. The van der Waals surface area contributed by atoms with Crippen LogP contribution in [0.1, 0.15) is 54.0 Å². The predicted molar refractivity (Wildman–Crippen MR) is 195 cm³/mol. The van der Waals surface area contributed by atoms with Crippen molar-refractivity contribution in [3.8, 4) is 11.1 Å². The quantitative estimate of drug-likeness (QED) is 0.181. The van der Waals surface area contributed by atoms with Crippen LogP contribution in [0.25, 0.3) is 11.1 Å². The van der Waals surface area contributed by atoms with Gasteiger partial charge in [0.2, 0.25) is 0 Å². The van der Waals surface area contributed by atoms with Crippen LogP contribution < -0.4 is 15.5 Å². The molecular weight excluding hydrogens is 571 g/mol. The number of anilines is 3. The van der Waals surface area contributed by atoms with E-state index in [1.807, 2.05) is 0 Å². The van der Waals surface area contributed by atoms with Gasteiger partial charge in [-0.1, -0.05) is 121 Å². The standard InChI is InChI=1S/C44H37N3/c1-4-13-30(14-5-1)32-23-25-38-39-28-33(37-21-10-11-22-40(37)45-35-18-8-3-9-19-35)24-26-41(39)47(42(38)29-32)36-20-12-17-34(27-36)44-43(46-44)31-15-6-2-7-16-31/h1-10,12-21,23-27,29,39,43-46H,11,22,28H2/t39?,43?,44-/m1/s1. The van der Waals surface area contributed by atoms with Gasteiger partial charge >= 0.3 is 0 Å². The molecule has 0 spiro atoms. The summed E-state index contributed by atoms with van der Waals surface area (Å²) in [6.45, 7) is 0. The van der Waals surface area contributed by atoms with E-state index in [9.17, 15) is 0 Å². The number of hydrogen-bond acceptors (Lipinski definition) is 3. The molecule has 0 amide bonds. The van der Waals surface area contributed by atoms with Crippen molar-refractivity contribution in [1.29, 1.82) is 0 Å². The summed E-state index contributed by atoms with van der Waals surface area (Å²) >= 11 is 0. The molecule has 3 atom stereocenters. The van der Waals surface area contributed by atoms with E-state index in [1.165, 1.54) is 61.7 Å². The molecule has 9 rings (SSSR count). The first-order valence-corrected chi connectivity index (χ1v) is 16.8. The summed E-state index contributed by atoms with van der Waals surface area (Å²) in [6, 6.07) is 49.1. The molecule has 3 nitrogen and oxygen atoms in total. The van der Waals surface area contributed by atoms with Crippen molar-refractivity contribution in [1.82, 2.24) is 5.32 Å². The lowest BCUT2D eigenvalue weighted by atomic mass is 9.82. The summed E-state index contributed by atoms with van der Waals surface area (Å²) < 4.78 is 0. The van der Waals surface area contributed by atoms with Gasteiger partial charge in [-0.3, -0.25) is 5.32 Å². The number of nitrogens with one attached hydrogen (secondary N) is 2. The van der Waals surface area contributed by atoms with Gasteiger partial charge in [-0.25, -0.2) is 0 Å². The maximum Gasteiger partial charge on any atom is 0.0524 e. The molecule has 2 unspecified atom stereocenters. The molecule has 0 saturated carbocycles. The fourth-order valence-corrected chi connectivity index (χ4v) is 7.69. The smallest absolute Gasteiger partial charge is 0.0524 e. The van der Waals surface area contributed by atoms with Gasteiger partial charge in [-0.2, -0.15) is 0 Å². The molecule has 0 radical (unpaired) electrons. The van der Waals surface area contributed by atoms with E-state index in [0.717, 1.165) is 24.9 Å². The van der Waals surface area contributed by atoms with E-state index in [1.54, 1.807) is 0 Å². The minimum atomic E-state index is 0.287. The lowest BCUT2D eigenvalue weighted by molar-refractivity contribution is 0.785. The Balaban J connectivity index is 1.11. The largest absolute Gasteiger partial charge is 0.358 e.